The number of hydrogen-bond donors (Lipinski definition) is 2. The summed E-state index contributed by atoms with van der Waals surface area (Å²) in [6.45, 7) is 10.4. The van der Waals surface area contributed by atoms with Crippen LogP contribution in [0.4, 0.5) is 0 Å². The van der Waals surface area contributed by atoms with Crippen molar-refractivity contribution in [2.75, 3.05) is 13.1 Å². The lowest BCUT2D eigenvalue weighted by atomic mass is 10.2. The molecule has 4 heteroatoms. The third-order valence-corrected chi connectivity index (χ3v) is 2.45. The molecular weight excluding hydrogens is 200 g/mol. The fraction of sp³-hybridized carbons (Fsp3) is 0.583. The Bertz CT molecular complexity index is 330. The highest BCUT2D eigenvalue weighted by atomic mass is 15.1. The maximum absolute atomic E-state index is 5.78. The van der Waals surface area contributed by atoms with Gasteiger partial charge < -0.3 is 15.6 Å². The van der Waals surface area contributed by atoms with E-state index in [1.807, 2.05) is 19.4 Å². The van der Waals surface area contributed by atoms with Crippen LogP contribution in [0.3, 0.4) is 0 Å². The van der Waals surface area contributed by atoms with Crippen LogP contribution in [0.25, 0.3) is 0 Å². The van der Waals surface area contributed by atoms with Gasteiger partial charge in [-0.25, -0.2) is 4.98 Å². The SMILES string of the molecule is C=C(C)CNC(CN)c1cncn1CCC. The molecule has 0 aliphatic heterocycles. The first-order valence-corrected chi connectivity index (χ1v) is 5.76. The van der Waals surface area contributed by atoms with E-state index < -0.39 is 0 Å². The van der Waals surface area contributed by atoms with E-state index in [4.69, 9.17) is 5.73 Å². The van der Waals surface area contributed by atoms with Crippen LogP contribution in [0.5, 0.6) is 0 Å². The summed E-state index contributed by atoms with van der Waals surface area (Å²) >= 11 is 0. The molecule has 1 atom stereocenters. The summed E-state index contributed by atoms with van der Waals surface area (Å²) in [4.78, 5) is 4.18. The molecule has 1 aromatic rings. The van der Waals surface area contributed by atoms with E-state index in [2.05, 4.69) is 28.4 Å². The van der Waals surface area contributed by atoms with Gasteiger partial charge in [0, 0.05) is 25.8 Å². The third kappa shape index (κ3) is 3.47. The molecule has 0 spiro atoms. The lowest BCUT2D eigenvalue weighted by Gasteiger charge is -2.18. The minimum absolute atomic E-state index is 0.158. The summed E-state index contributed by atoms with van der Waals surface area (Å²) in [5.74, 6) is 0. The van der Waals surface area contributed by atoms with Crippen molar-refractivity contribution >= 4 is 0 Å². The average Bonchev–Trinajstić information content (AvgIpc) is 2.68. The molecule has 0 amide bonds. The maximum atomic E-state index is 5.78. The van der Waals surface area contributed by atoms with Crippen LogP contribution >= 0.6 is 0 Å². The Labute approximate surface area is 97.6 Å². The molecule has 0 fully saturated rings. The first-order chi connectivity index (χ1) is 7.69. The molecule has 4 nitrogen and oxygen atoms in total. The average molecular weight is 222 g/mol. The van der Waals surface area contributed by atoms with E-state index in [1.165, 1.54) is 0 Å². The summed E-state index contributed by atoms with van der Waals surface area (Å²) in [6.07, 6.45) is 4.85. The minimum atomic E-state index is 0.158. The van der Waals surface area contributed by atoms with Crippen LogP contribution in [0, 0.1) is 0 Å². The maximum Gasteiger partial charge on any atom is 0.0948 e. The first kappa shape index (κ1) is 12.9. The Hall–Kier alpha value is -1.13. The second kappa shape index (κ2) is 6.45. The molecule has 0 saturated carbocycles. The van der Waals surface area contributed by atoms with Gasteiger partial charge in [0.25, 0.3) is 0 Å². The topological polar surface area (TPSA) is 55.9 Å². The monoisotopic (exact) mass is 222 g/mol. The normalized spacial score (nSPS) is 12.7. The standard InChI is InChI=1S/C12H22N4/c1-4-5-16-9-14-8-12(16)11(6-13)15-7-10(2)3/h8-9,11,15H,2,4-7,13H2,1,3H3. The fourth-order valence-electron chi connectivity index (χ4n) is 1.65. The van der Waals surface area contributed by atoms with Crippen molar-refractivity contribution in [3.8, 4) is 0 Å². The zero-order valence-electron chi connectivity index (χ0n) is 10.2. The zero-order chi connectivity index (χ0) is 12.0. The van der Waals surface area contributed by atoms with Crippen molar-refractivity contribution in [2.45, 2.75) is 32.9 Å². The smallest absolute Gasteiger partial charge is 0.0948 e. The van der Waals surface area contributed by atoms with E-state index >= 15 is 0 Å². The molecule has 3 N–H and O–H groups in total. The molecule has 0 radical (unpaired) electrons. The number of rotatable bonds is 7. The summed E-state index contributed by atoms with van der Waals surface area (Å²) in [5.41, 5.74) is 8.05. The van der Waals surface area contributed by atoms with Crippen molar-refractivity contribution in [1.82, 2.24) is 14.9 Å². The van der Waals surface area contributed by atoms with Crippen LogP contribution < -0.4 is 11.1 Å². The van der Waals surface area contributed by atoms with Gasteiger partial charge in [-0.3, -0.25) is 0 Å². The van der Waals surface area contributed by atoms with Gasteiger partial charge in [-0.2, -0.15) is 0 Å². The van der Waals surface area contributed by atoms with Gasteiger partial charge in [0.1, 0.15) is 0 Å². The van der Waals surface area contributed by atoms with Crippen LogP contribution in [0.15, 0.2) is 24.7 Å². The van der Waals surface area contributed by atoms with Crippen LogP contribution in [-0.2, 0) is 6.54 Å². The third-order valence-electron chi connectivity index (χ3n) is 2.45. The number of aromatic nitrogens is 2. The van der Waals surface area contributed by atoms with Crippen molar-refractivity contribution in [3.63, 3.8) is 0 Å². The molecule has 1 heterocycles. The van der Waals surface area contributed by atoms with E-state index in [0.29, 0.717) is 6.54 Å². The Morgan fingerprint density at radius 3 is 3.00 bits per heavy atom. The summed E-state index contributed by atoms with van der Waals surface area (Å²) < 4.78 is 2.16. The highest BCUT2D eigenvalue weighted by Gasteiger charge is 2.13. The van der Waals surface area contributed by atoms with Gasteiger partial charge in [-0.05, 0) is 13.3 Å². The summed E-state index contributed by atoms with van der Waals surface area (Å²) in [5, 5.41) is 3.38. The predicted molar refractivity (Wildman–Crippen MR) is 67.1 cm³/mol. The highest BCUT2D eigenvalue weighted by Crippen LogP contribution is 2.12. The minimum Gasteiger partial charge on any atom is -0.333 e. The number of nitrogens with zero attached hydrogens (tertiary/aromatic N) is 2. The number of nitrogens with two attached hydrogens (primary N) is 1. The molecule has 1 aromatic heterocycles. The first-order valence-electron chi connectivity index (χ1n) is 5.76. The van der Waals surface area contributed by atoms with Crippen LogP contribution in [0.2, 0.25) is 0 Å². The summed E-state index contributed by atoms with van der Waals surface area (Å²) in [7, 11) is 0. The molecule has 90 valence electrons. The largest absolute Gasteiger partial charge is 0.333 e. The molecule has 1 rings (SSSR count). The second-order valence-corrected chi connectivity index (χ2v) is 4.14. The van der Waals surface area contributed by atoms with Gasteiger partial charge in [0.15, 0.2) is 0 Å². The molecule has 0 bridgehead atoms. The Balaban J connectivity index is 2.69. The van der Waals surface area contributed by atoms with Crippen molar-refractivity contribution in [2.24, 2.45) is 5.73 Å². The second-order valence-electron chi connectivity index (χ2n) is 4.14. The van der Waals surface area contributed by atoms with Gasteiger partial charge in [-0.15, -0.1) is 0 Å². The number of nitrogens with one attached hydrogen (secondary N) is 1. The summed E-state index contributed by atoms with van der Waals surface area (Å²) in [6, 6.07) is 0.158. The van der Waals surface area contributed by atoms with Crippen molar-refractivity contribution in [1.29, 1.82) is 0 Å². The molecule has 0 aliphatic carbocycles. The van der Waals surface area contributed by atoms with Crippen molar-refractivity contribution in [3.05, 3.63) is 30.4 Å². The molecular formula is C12H22N4. The molecule has 0 aromatic carbocycles. The van der Waals surface area contributed by atoms with E-state index in [0.717, 1.165) is 30.8 Å². The number of imidazole rings is 1. The van der Waals surface area contributed by atoms with E-state index in [-0.39, 0.29) is 6.04 Å². The van der Waals surface area contributed by atoms with Crippen LogP contribution in [0.1, 0.15) is 32.0 Å². The molecule has 0 aliphatic rings. The van der Waals surface area contributed by atoms with Crippen LogP contribution in [-0.4, -0.2) is 22.6 Å². The van der Waals surface area contributed by atoms with Gasteiger partial charge in [-0.1, -0.05) is 19.1 Å². The highest BCUT2D eigenvalue weighted by molar-refractivity contribution is 5.07. The van der Waals surface area contributed by atoms with Gasteiger partial charge >= 0.3 is 0 Å². The quantitative estimate of drug-likeness (QED) is 0.687. The van der Waals surface area contributed by atoms with Gasteiger partial charge in [0.05, 0.1) is 18.1 Å². The molecule has 0 saturated heterocycles. The Morgan fingerprint density at radius 1 is 1.69 bits per heavy atom. The predicted octanol–water partition coefficient (Wildman–Crippen LogP) is 1.46. The molecule has 1 unspecified atom stereocenters. The number of hydrogen-bond acceptors (Lipinski definition) is 3. The fourth-order valence-corrected chi connectivity index (χ4v) is 1.65. The Morgan fingerprint density at radius 2 is 2.44 bits per heavy atom. The van der Waals surface area contributed by atoms with E-state index in [9.17, 15) is 0 Å². The molecule has 16 heavy (non-hydrogen) atoms. The lowest BCUT2D eigenvalue weighted by molar-refractivity contribution is 0.516. The van der Waals surface area contributed by atoms with E-state index in [1.54, 1.807) is 0 Å². The number of aryl methyl sites for hydroxylation is 1. The zero-order valence-corrected chi connectivity index (χ0v) is 10.2. The Kier molecular flexibility index (Phi) is 5.22. The van der Waals surface area contributed by atoms with Crippen molar-refractivity contribution < 1.29 is 0 Å². The van der Waals surface area contributed by atoms with Gasteiger partial charge in [0.2, 0.25) is 0 Å². The lowest BCUT2D eigenvalue weighted by Crippen LogP contribution is -2.31.